The van der Waals surface area contributed by atoms with Crippen molar-refractivity contribution in [1.82, 2.24) is 24.1 Å². The summed E-state index contributed by atoms with van der Waals surface area (Å²) in [5.41, 5.74) is 3.03. The Labute approximate surface area is 158 Å². The Kier molecular flexibility index (Phi) is 3.61. The van der Waals surface area contributed by atoms with Crippen molar-refractivity contribution in [2.45, 2.75) is 13.5 Å². The van der Waals surface area contributed by atoms with E-state index >= 15 is 0 Å². The molecule has 0 atom stereocenters. The first kappa shape index (κ1) is 16.4. The highest BCUT2D eigenvalue weighted by Crippen LogP contribution is 2.23. The van der Waals surface area contributed by atoms with E-state index in [0.29, 0.717) is 29.2 Å². The molecule has 0 amide bonds. The number of fused-ring (bicyclic) bond motifs is 2. The van der Waals surface area contributed by atoms with Gasteiger partial charge in [-0.2, -0.15) is 9.50 Å². The van der Waals surface area contributed by atoms with Crippen LogP contribution in [0.2, 0.25) is 0 Å². The molecule has 138 valence electrons. The molecular weight excluding hydrogens is 357 g/mol. The highest BCUT2D eigenvalue weighted by atomic mass is 19.1. The number of nitrogens with zero attached hydrogens (tertiary/aromatic N) is 4. The summed E-state index contributed by atoms with van der Waals surface area (Å²) in [6.45, 7) is 2.34. The standard InChI is InChI=1S/C21H16FN5O/c1-13-7-8-17(22)16-9-10-26(19(13)16)12-15-11-18(28)27-21(23-15)24-20(25-27)14-5-3-2-4-6-14/h2-11H,12H2,1H3,(H,23,24,25). The van der Waals surface area contributed by atoms with Crippen LogP contribution in [0.5, 0.6) is 0 Å². The molecule has 0 spiro atoms. The predicted molar refractivity (Wildman–Crippen MR) is 105 cm³/mol. The van der Waals surface area contributed by atoms with Gasteiger partial charge in [0.1, 0.15) is 5.82 Å². The van der Waals surface area contributed by atoms with Gasteiger partial charge >= 0.3 is 0 Å². The highest BCUT2D eigenvalue weighted by molar-refractivity contribution is 5.83. The molecule has 28 heavy (non-hydrogen) atoms. The van der Waals surface area contributed by atoms with Crippen LogP contribution in [0, 0.1) is 12.7 Å². The van der Waals surface area contributed by atoms with Gasteiger partial charge in [-0.25, -0.2) is 4.39 Å². The summed E-state index contributed by atoms with van der Waals surface area (Å²) in [6, 6.07) is 16.0. The van der Waals surface area contributed by atoms with Crippen LogP contribution in [-0.2, 0) is 6.54 Å². The van der Waals surface area contributed by atoms with Crippen LogP contribution in [0.25, 0.3) is 28.1 Å². The van der Waals surface area contributed by atoms with Crippen molar-refractivity contribution in [2.75, 3.05) is 0 Å². The van der Waals surface area contributed by atoms with E-state index < -0.39 is 0 Å². The molecule has 2 aromatic carbocycles. The number of rotatable bonds is 3. The Morgan fingerprint density at radius 3 is 2.75 bits per heavy atom. The fraction of sp³-hybridized carbons (Fsp3) is 0.0952. The lowest BCUT2D eigenvalue weighted by Gasteiger charge is -2.08. The molecule has 7 heteroatoms. The molecule has 6 nitrogen and oxygen atoms in total. The van der Waals surface area contributed by atoms with Crippen molar-refractivity contribution in [1.29, 1.82) is 0 Å². The SMILES string of the molecule is Cc1ccc(F)c2ccn(Cc3cc(=O)n4nc(-c5ccccc5)nc4[nH]3)c12. The van der Waals surface area contributed by atoms with Crippen LogP contribution >= 0.6 is 0 Å². The fourth-order valence-corrected chi connectivity index (χ4v) is 3.52. The summed E-state index contributed by atoms with van der Waals surface area (Å²) in [5, 5.41) is 4.87. The van der Waals surface area contributed by atoms with E-state index in [2.05, 4.69) is 15.1 Å². The molecule has 0 fully saturated rings. The number of halogens is 1. The molecule has 0 radical (unpaired) electrons. The smallest absolute Gasteiger partial charge is 0.275 e. The second-order valence-corrected chi connectivity index (χ2v) is 6.74. The topological polar surface area (TPSA) is 68.0 Å². The maximum atomic E-state index is 14.1. The number of nitrogens with one attached hydrogen (secondary N) is 1. The average Bonchev–Trinajstić information content (AvgIpc) is 3.31. The fourth-order valence-electron chi connectivity index (χ4n) is 3.52. The van der Waals surface area contributed by atoms with Gasteiger partial charge in [-0.1, -0.05) is 36.4 Å². The van der Waals surface area contributed by atoms with E-state index in [1.807, 2.05) is 48.0 Å². The molecule has 5 aromatic rings. The number of hydrogen-bond donors (Lipinski definition) is 1. The van der Waals surface area contributed by atoms with Crippen LogP contribution in [0.1, 0.15) is 11.3 Å². The van der Waals surface area contributed by atoms with Crippen molar-refractivity contribution in [3.05, 3.63) is 88.2 Å². The Bertz CT molecular complexity index is 1380. The molecule has 0 aliphatic rings. The molecule has 3 aromatic heterocycles. The van der Waals surface area contributed by atoms with Gasteiger partial charge in [0, 0.05) is 28.9 Å². The third-order valence-electron chi connectivity index (χ3n) is 4.83. The van der Waals surface area contributed by atoms with Crippen molar-refractivity contribution in [3.8, 4) is 11.4 Å². The third kappa shape index (κ3) is 2.60. The predicted octanol–water partition coefficient (Wildman–Crippen LogP) is 3.54. The Morgan fingerprint density at radius 1 is 1.11 bits per heavy atom. The van der Waals surface area contributed by atoms with Crippen LogP contribution in [0.15, 0.2) is 65.6 Å². The minimum Gasteiger partial charge on any atom is -0.341 e. The van der Waals surface area contributed by atoms with E-state index in [-0.39, 0.29) is 11.4 Å². The summed E-state index contributed by atoms with van der Waals surface area (Å²) < 4.78 is 17.2. The minimum absolute atomic E-state index is 0.256. The molecule has 5 rings (SSSR count). The number of aryl methyl sites for hydroxylation is 1. The first-order chi connectivity index (χ1) is 13.6. The number of aromatic amines is 1. The lowest BCUT2D eigenvalue weighted by atomic mass is 10.1. The quantitative estimate of drug-likeness (QED) is 0.526. The van der Waals surface area contributed by atoms with Crippen LogP contribution < -0.4 is 5.56 Å². The molecule has 0 saturated heterocycles. The van der Waals surface area contributed by atoms with Gasteiger partial charge in [0.25, 0.3) is 5.56 Å². The lowest BCUT2D eigenvalue weighted by molar-refractivity contribution is 0.639. The van der Waals surface area contributed by atoms with Crippen molar-refractivity contribution >= 4 is 16.7 Å². The van der Waals surface area contributed by atoms with Gasteiger partial charge in [0.05, 0.1) is 12.1 Å². The highest BCUT2D eigenvalue weighted by Gasteiger charge is 2.12. The second kappa shape index (κ2) is 6.16. The van der Waals surface area contributed by atoms with Crippen molar-refractivity contribution in [3.63, 3.8) is 0 Å². The van der Waals surface area contributed by atoms with E-state index in [1.54, 1.807) is 12.1 Å². The van der Waals surface area contributed by atoms with Crippen LogP contribution in [0.3, 0.4) is 0 Å². The van der Waals surface area contributed by atoms with Gasteiger partial charge in [0.2, 0.25) is 5.78 Å². The monoisotopic (exact) mass is 373 g/mol. The number of aromatic nitrogens is 5. The molecule has 3 heterocycles. The Balaban J connectivity index is 1.59. The Hall–Kier alpha value is -3.74. The molecule has 0 saturated carbocycles. The first-order valence-electron chi connectivity index (χ1n) is 8.88. The van der Waals surface area contributed by atoms with Crippen LogP contribution in [-0.4, -0.2) is 24.1 Å². The van der Waals surface area contributed by atoms with E-state index in [4.69, 9.17) is 0 Å². The Morgan fingerprint density at radius 2 is 1.93 bits per heavy atom. The van der Waals surface area contributed by atoms with E-state index in [9.17, 15) is 9.18 Å². The maximum Gasteiger partial charge on any atom is 0.275 e. The van der Waals surface area contributed by atoms with Crippen molar-refractivity contribution in [2.24, 2.45) is 0 Å². The summed E-state index contributed by atoms with van der Waals surface area (Å²) in [7, 11) is 0. The van der Waals surface area contributed by atoms with Crippen molar-refractivity contribution < 1.29 is 4.39 Å². The summed E-state index contributed by atoms with van der Waals surface area (Å²) >= 11 is 0. The average molecular weight is 373 g/mol. The zero-order valence-electron chi connectivity index (χ0n) is 15.1. The van der Waals surface area contributed by atoms with Crippen LogP contribution in [0.4, 0.5) is 4.39 Å². The van der Waals surface area contributed by atoms with Gasteiger partial charge in [-0.05, 0) is 24.6 Å². The zero-order chi connectivity index (χ0) is 19.3. The summed E-state index contributed by atoms with van der Waals surface area (Å²) in [4.78, 5) is 20.2. The molecule has 0 unspecified atom stereocenters. The largest absolute Gasteiger partial charge is 0.341 e. The summed E-state index contributed by atoms with van der Waals surface area (Å²) in [6.07, 6.45) is 1.82. The molecular formula is C21H16FN5O. The van der Waals surface area contributed by atoms with E-state index in [1.165, 1.54) is 16.6 Å². The normalized spacial score (nSPS) is 11.5. The van der Waals surface area contributed by atoms with Gasteiger partial charge in [-0.3, -0.25) is 4.79 Å². The number of hydrogen-bond acceptors (Lipinski definition) is 3. The third-order valence-corrected chi connectivity index (χ3v) is 4.83. The van der Waals surface area contributed by atoms with Gasteiger partial charge < -0.3 is 9.55 Å². The van der Waals surface area contributed by atoms with Gasteiger partial charge in [0.15, 0.2) is 5.82 Å². The van der Waals surface area contributed by atoms with E-state index in [0.717, 1.165) is 16.6 Å². The molecule has 0 aliphatic carbocycles. The lowest BCUT2D eigenvalue weighted by Crippen LogP contribution is -2.17. The number of benzene rings is 2. The summed E-state index contributed by atoms with van der Waals surface area (Å²) in [5.74, 6) is 0.601. The zero-order valence-corrected chi connectivity index (χ0v) is 15.1. The minimum atomic E-state index is -0.266. The second-order valence-electron chi connectivity index (χ2n) is 6.74. The first-order valence-corrected chi connectivity index (χ1v) is 8.88. The maximum absolute atomic E-state index is 14.1. The number of H-pyrrole nitrogens is 1. The molecule has 0 bridgehead atoms. The van der Waals surface area contributed by atoms with Gasteiger partial charge in [-0.15, -0.1) is 5.10 Å². The molecule has 1 N–H and O–H groups in total. The molecule has 0 aliphatic heterocycles.